The maximum absolute atomic E-state index is 13.7. The van der Waals surface area contributed by atoms with Crippen LogP contribution in [-0.4, -0.2) is 23.0 Å². The second kappa shape index (κ2) is 5.04. The third-order valence-electron chi connectivity index (χ3n) is 4.27. The van der Waals surface area contributed by atoms with E-state index in [9.17, 15) is 4.39 Å². The van der Waals surface area contributed by atoms with Crippen molar-refractivity contribution in [2.24, 2.45) is 5.73 Å². The van der Waals surface area contributed by atoms with E-state index in [2.05, 4.69) is 11.8 Å². The van der Waals surface area contributed by atoms with Gasteiger partial charge in [-0.25, -0.2) is 4.39 Å². The number of nitrogens with zero attached hydrogens (tertiary/aromatic N) is 2. The van der Waals surface area contributed by atoms with Gasteiger partial charge >= 0.3 is 0 Å². The minimum atomic E-state index is -0.518. The van der Waals surface area contributed by atoms with Gasteiger partial charge in [0.25, 0.3) is 0 Å². The Morgan fingerprint density at radius 3 is 2.81 bits per heavy atom. The number of aromatic nitrogens is 1. The summed E-state index contributed by atoms with van der Waals surface area (Å²) in [6.07, 6.45) is 0.930. The van der Waals surface area contributed by atoms with Gasteiger partial charge in [-0.05, 0) is 49.7 Å². The molecule has 21 heavy (non-hydrogen) atoms. The number of likely N-dealkylation sites (N-methyl/N-ethyl adjacent to an activating group) is 1. The van der Waals surface area contributed by atoms with Crippen LogP contribution >= 0.6 is 0 Å². The second-order valence-corrected chi connectivity index (χ2v) is 6.41. The molecule has 0 saturated carbocycles. The number of pyridine rings is 1. The summed E-state index contributed by atoms with van der Waals surface area (Å²) in [6, 6.07) is 4.79. The van der Waals surface area contributed by atoms with Gasteiger partial charge in [0.2, 0.25) is 0 Å². The van der Waals surface area contributed by atoms with E-state index >= 15 is 0 Å². The lowest BCUT2D eigenvalue weighted by Gasteiger charge is -2.33. The van der Waals surface area contributed by atoms with Gasteiger partial charge in [0.05, 0.1) is 5.52 Å². The van der Waals surface area contributed by atoms with Crippen LogP contribution in [0.2, 0.25) is 0 Å². The van der Waals surface area contributed by atoms with Gasteiger partial charge in [-0.3, -0.25) is 9.88 Å². The zero-order valence-electron chi connectivity index (χ0n) is 12.9. The number of hydrogen-bond acceptors (Lipinski definition) is 3. The van der Waals surface area contributed by atoms with Gasteiger partial charge in [0, 0.05) is 36.1 Å². The van der Waals surface area contributed by atoms with Crippen LogP contribution in [0.4, 0.5) is 4.39 Å². The van der Waals surface area contributed by atoms with E-state index in [-0.39, 0.29) is 5.82 Å². The molecule has 2 N–H and O–H groups in total. The van der Waals surface area contributed by atoms with E-state index in [0.717, 1.165) is 48.2 Å². The second-order valence-electron chi connectivity index (χ2n) is 6.41. The fourth-order valence-electron chi connectivity index (χ4n) is 3.28. The van der Waals surface area contributed by atoms with Crippen molar-refractivity contribution in [3.05, 3.63) is 40.8 Å². The number of fused-ring (bicyclic) bond motifs is 2. The Morgan fingerprint density at radius 2 is 2.14 bits per heavy atom. The molecule has 1 aliphatic rings. The molecule has 0 unspecified atom stereocenters. The third-order valence-corrected chi connectivity index (χ3v) is 4.27. The first-order chi connectivity index (χ1) is 9.90. The molecule has 3 rings (SSSR count). The Labute approximate surface area is 125 Å². The summed E-state index contributed by atoms with van der Waals surface area (Å²) in [5, 5.41) is 0.846. The lowest BCUT2D eigenvalue weighted by atomic mass is 9.85. The molecule has 112 valence electrons. The molecule has 0 amide bonds. The number of halogens is 1. The van der Waals surface area contributed by atoms with E-state index in [1.165, 1.54) is 11.6 Å². The lowest BCUT2D eigenvalue weighted by Crippen LogP contribution is -2.36. The van der Waals surface area contributed by atoms with Gasteiger partial charge in [0.15, 0.2) is 0 Å². The Kier molecular flexibility index (Phi) is 3.46. The van der Waals surface area contributed by atoms with Crippen LogP contribution in [-0.2, 0) is 18.5 Å². The normalized spacial score (nSPS) is 16.2. The molecule has 0 bridgehead atoms. The highest BCUT2D eigenvalue weighted by molar-refractivity contribution is 5.85. The van der Waals surface area contributed by atoms with Crippen LogP contribution in [0.5, 0.6) is 0 Å². The highest BCUT2D eigenvalue weighted by atomic mass is 19.1. The maximum atomic E-state index is 13.7. The van der Waals surface area contributed by atoms with Crippen molar-refractivity contribution >= 4 is 10.9 Å². The van der Waals surface area contributed by atoms with Crippen LogP contribution in [0, 0.1) is 5.82 Å². The molecule has 1 aromatic carbocycles. The zero-order valence-corrected chi connectivity index (χ0v) is 12.9. The quantitative estimate of drug-likeness (QED) is 0.923. The standard InChI is InChI=1S/C17H22FN3/c1-4-21-8-7-15-13(10-21)16(17(2,3)19)12-9-11(18)5-6-14(12)20-15/h5-6,9H,4,7-8,10,19H2,1-3H3. The van der Waals surface area contributed by atoms with Crippen molar-refractivity contribution in [1.82, 2.24) is 9.88 Å². The van der Waals surface area contributed by atoms with Crippen molar-refractivity contribution < 1.29 is 4.39 Å². The predicted octanol–water partition coefficient (Wildman–Crippen LogP) is 2.95. The summed E-state index contributed by atoms with van der Waals surface area (Å²) >= 11 is 0. The van der Waals surface area contributed by atoms with Gasteiger partial charge in [-0.15, -0.1) is 0 Å². The van der Waals surface area contributed by atoms with Crippen LogP contribution in [0.15, 0.2) is 18.2 Å². The molecule has 0 spiro atoms. The molecule has 2 aromatic rings. The number of nitrogens with two attached hydrogens (primary N) is 1. The van der Waals surface area contributed by atoms with E-state index in [1.54, 1.807) is 12.1 Å². The molecular weight excluding hydrogens is 265 g/mol. The molecule has 1 aliphatic heterocycles. The SMILES string of the molecule is CCN1CCc2nc3ccc(F)cc3c(C(C)(C)N)c2C1. The summed E-state index contributed by atoms with van der Waals surface area (Å²) < 4.78 is 13.7. The zero-order chi connectivity index (χ0) is 15.2. The van der Waals surface area contributed by atoms with Gasteiger partial charge < -0.3 is 5.73 Å². The molecule has 0 fully saturated rings. The molecule has 1 aromatic heterocycles. The molecule has 4 heteroatoms. The largest absolute Gasteiger partial charge is 0.322 e. The minimum Gasteiger partial charge on any atom is -0.322 e. The highest BCUT2D eigenvalue weighted by Gasteiger charge is 2.28. The predicted molar refractivity (Wildman–Crippen MR) is 83.6 cm³/mol. The Hall–Kier alpha value is -1.52. The van der Waals surface area contributed by atoms with E-state index in [1.807, 2.05) is 13.8 Å². The summed E-state index contributed by atoms with van der Waals surface area (Å²) in [7, 11) is 0. The average molecular weight is 287 g/mol. The smallest absolute Gasteiger partial charge is 0.123 e. The summed E-state index contributed by atoms with van der Waals surface area (Å²) in [6.45, 7) is 9.00. The summed E-state index contributed by atoms with van der Waals surface area (Å²) in [5.41, 5.74) is 10.1. The molecular formula is C17H22FN3. The van der Waals surface area contributed by atoms with Crippen LogP contribution in [0.3, 0.4) is 0 Å². The third kappa shape index (κ3) is 2.54. The topological polar surface area (TPSA) is 42.2 Å². The lowest BCUT2D eigenvalue weighted by molar-refractivity contribution is 0.263. The number of rotatable bonds is 2. The molecule has 0 aliphatic carbocycles. The summed E-state index contributed by atoms with van der Waals surface area (Å²) in [4.78, 5) is 7.13. The van der Waals surface area contributed by atoms with Gasteiger partial charge in [-0.2, -0.15) is 0 Å². The molecule has 0 saturated heterocycles. The minimum absolute atomic E-state index is 0.238. The Morgan fingerprint density at radius 1 is 1.38 bits per heavy atom. The van der Waals surface area contributed by atoms with Crippen LogP contribution in [0.1, 0.15) is 37.6 Å². The maximum Gasteiger partial charge on any atom is 0.123 e. The van der Waals surface area contributed by atoms with Crippen molar-refractivity contribution in [1.29, 1.82) is 0 Å². The van der Waals surface area contributed by atoms with Crippen molar-refractivity contribution in [2.75, 3.05) is 13.1 Å². The Bertz CT molecular complexity index is 688. The van der Waals surface area contributed by atoms with Crippen molar-refractivity contribution in [3.63, 3.8) is 0 Å². The highest BCUT2D eigenvalue weighted by Crippen LogP contribution is 2.34. The molecule has 0 atom stereocenters. The first-order valence-corrected chi connectivity index (χ1v) is 7.53. The molecule has 3 nitrogen and oxygen atoms in total. The van der Waals surface area contributed by atoms with Gasteiger partial charge in [0.1, 0.15) is 5.82 Å². The van der Waals surface area contributed by atoms with E-state index in [0.29, 0.717) is 0 Å². The van der Waals surface area contributed by atoms with E-state index < -0.39 is 5.54 Å². The van der Waals surface area contributed by atoms with Crippen LogP contribution < -0.4 is 5.73 Å². The molecule has 2 heterocycles. The summed E-state index contributed by atoms with van der Waals surface area (Å²) in [5.74, 6) is -0.238. The average Bonchev–Trinajstić information content (AvgIpc) is 2.42. The Balaban J connectivity index is 2.32. The first kappa shape index (κ1) is 14.4. The fraction of sp³-hybridized carbons (Fsp3) is 0.471. The first-order valence-electron chi connectivity index (χ1n) is 7.53. The number of benzene rings is 1. The van der Waals surface area contributed by atoms with Crippen molar-refractivity contribution in [2.45, 2.75) is 39.3 Å². The number of hydrogen-bond donors (Lipinski definition) is 1. The monoisotopic (exact) mass is 287 g/mol. The van der Waals surface area contributed by atoms with Crippen LogP contribution in [0.25, 0.3) is 10.9 Å². The molecule has 0 radical (unpaired) electrons. The van der Waals surface area contributed by atoms with E-state index in [4.69, 9.17) is 10.7 Å². The fourth-order valence-corrected chi connectivity index (χ4v) is 3.28. The van der Waals surface area contributed by atoms with Crippen molar-refractivity contribution in [3.8, 4) is 0 Å². The van der Waals surface area contributed by atoms with Gasteiger partial charge in [-0.1, -0.05) is 6.92 Å².